The minimum absolute atomic E-state index is 0.124. The Balaban J connectivity index is 2.35. The molecule has 1 aromatic carbocycles. The third-order valence-corrected chi connectivity index (χ3v) is 4.00. The first kappa shape index (κ1) is 15.3. The number of hydrogen-bond acceptors (Lipinski definition) is 5. The molecule has 0 saturated carbocycles. The largest absolute Gasteiger partial charge is 0.367 e. The molecule has 0 amide bonds. The predicted octanol–water partition coefficient (Wildman–Crippen LogP) is 2.39. The molecule has 6 nitrogen and oxygen atoms in total. The molecule has 1 atom stereocenters. The lowest BCUT2D eigenvalue weighted by Gasteiger charge is -2.32. The predicted molar refractivity (Wildman–Crippen MR) is 81.4 cm³/mol. The number of nitriles is 1. The van der Waals surface area contributed by atoms with E-state index >= 15 is 0 Å². The van der Waals surface area contributed by atoms with Crippen molar-refractivity contribution < 1.29 is 4.92 Å². The van der Waals surface area contributed by atoms with Gasteiger partial charge in [0.2, 0.25) is 0 Å². The summed E-state index contributed by atoms with van der Waals surface area (Å²) in [4.78, 5) is 15.0. The lowest BCUT2D eigenvalue weighted by molar-refractivity contribution is -0.385. The Hall–Kier alpha value is -2.13. The van der Waals surface area contributed by atoms with E-state index in [9.17, 15) is 10.1 Å². The third kappa shape index (κ3) is 3.31. The topological polar surface area (TPSA) is 73.4 Å². The number of anilines is 1. The molecule has 0 bridgehead atoms. The fourth-order valence-corrected chi connectivity index (χ4v) is 2.88. The molecule has 2 rings (SSSR count). The summed E-state index contributed by atoms with van der Waals surface area (Å²) in [6.45, 7) is 5.07. The average Bonchev–Trinajstić information content (AvgIpc) is 2.67. The quantitative estimate of drug-likeness (QED) is 0.630. The van der Waals surface area contributed by atoms with E-state index in [0.29, 0.717) is 6.04 Å². The highest BCUT2D eigenvalue weighted by Crippen LogP contribution is 2.27. The number of hydrogen-bond donors (Lipinski definition) is 0. The van der Waals surface area contributed by atoms with Gasteiger partial charge in [-0.05, 0) is 38.6 Å². The highest BCUT2D eigenvalue weighted by Gasteiger charge is 2.24. The standard InChI is InChI=1S/C15H20N4O2/c1-3-13-11-17(2)7-4-8-18(13)14-5-6-15(19(20)21)12(9-14)10-16/h5-6,9,13H,3-4,7-8,11H2,1-2H3. The molecule has 1 unspecified atom stereocenters. The van der Waals surface area contributed by atoms with Gasteiger partial charge in [0.1, 0.15) is 11.6 Å². The maximum atomic E-state index is 10.9. The Morgan fingerprint density at radius 3 is 2.86 bits per heavy atom. The van der Waals surface area contributed by atoms with Crippen LogP contribution < -0.4 is 4.90 Å². The molecule has 0 N–H and O–H groups in total. The van der Waals surface area contributed by atoms with E-state index in [2.05, 4.69) is 23.8 Å². The van der Waals surface area contributed by atoms with Crippen LogP contribution in [-0.2, 0) is 0 Å². The van der Waals surface area contributed by atoms with E-state index in [1.165, 1.54) is 6.07 Å². The van der Waals surface area contributed by atoms with E-state index in [-0.39, 0.29) is 11.3 Å². The van der Waals surface area contributed by atoms with Crippen molar-refractivity contribution in [2.75, 3.05) is 31.6 Å². The van der Waals surface area contributed by atoms with Gasteiger partial charge < -0.3 is 9.80 Å². The van der Waals surface area contributed by atoms with Gasteiger partial charge in [0.25, 0.3) is 5.69 Å². The summed E-state index contributed by atoms with van der Waals surface area (Å²) in [5, 5.41) is 20.1. The smallest absolute Gasteiger partial charge is 0.287 e. The number of nitro groups is 1. The monoisotopic (exact) mass is 288 g/mol. The summed E-state index contributed by atoms with van der Waals surface area (Å²) in [6, 6.07) is 7.14. The Kier molecular flexibility index (Phi) is 4.76. The first-order valence-electron chi connectivity index (χ1n) is 7.20. The van der Waals surface area contributed by atoms with E-state index < -0.39 is 4.92 Å². The van der Waals surface area contributed by atoms with E-state index in [1.807, 2.05) is 6.07 Å². The minimum Gasteiger partial charge on any atom is -0.367 e. The van der Waals surface area contributed by atoms with Crippen molar-refractivity contribution in [1.29, 1.82) is 5.26 Å². The van der Waals surface area contributed by atoms with Crippen molar-refractivity contribution >= 4 is 11.4 Å². The second-order valence-electron chi connectivity index (χ2n) is 5.44. The first-order valence-corrected chi connectivity index (χ1v) is 7.20. The first-order chi connectivity index (χ1) is 10.1. The van der Waals surface area contributed by atoms with Crippen molar-refractivity contribution in [3.63, 3.8) is 0 Å². The van der Waals surface area contributed by atoms with Crippen LogP contribution in [0.25, 0.3) is 0 Å². The second kappa shape index (κ2) is 6.55. The summed E-state index contributed by atoms with van der Waals surface area (Å²) in [7, 11) is 2.11. The third-order valence-electron chi connectivity index (χ3n) is 4.00. The summed E-state index contributed by atoms with van der Waals surface area (Å²) in [5.41, 5.74) is 0.908. The van der Waals surface area contributed by atoms with Crippen molar-refractivity contribution in [3.8, 4) is 6.07 Å². The van der Waals surface area contributed by atoms with Crippen molar-refractivity contribution in [1.82, 2.24) is 4.90 Å². The Labute approximate surface area is 124 Å². The Morgan fingerprint density at radius 2 is 2.24 bits per heavy atom. The van der Waals surface area contributed by atoms with E-state index in [1.54, 1.807) is 12.1 Å². The molecule has 21 heavy (non-hydrogen) atoms. The summed E-state index contributed by atoms with van der Waals surface area (Å²) >= 11 is 0. The van der Waals surface area contributed by atoms with Crippen molar-refractivity contribution in [3.05, 3.63) is 33.9 Å². The normalized spacial score (nSPS) is 19.9. The summed E-state index contributed by atoms with van der Waals surface area (Å²) in [6.07, 6.45) is 2.05. The minimum atomic E-state index is -0.504. The van der Waals surface area contributed by atoms with Crippen molar-refractivity contribution in [2.24, 2.45) is 0 Å². The number of nitrogens with zero attached hydrogens (tertiary/aromatic N) is 4. The van der Waals surface area contributed by atoms with Crippen LogP contribution in [0.3, 0.4) is 0 Å². The summed E-state index contributed by atoms with van der Waals surface area (Å²) < 4.78 is 0. The fourth-order valence-electron chi connectivity index (χ4n) is 2.88. The SMILES string of the molecule is CCC1CN(C)CCCN1c1ccc([N+](=O)[O-])c(C#N)c1. The Morgan fingerprint density at radius 1 is 1.48 bits per heavy atom. The molecule has 6 heteroatoms. The van der Waals surface area contributed by atoms with Crippen LogP contribution in [-0.4, -0.2) is 42.5 Å². The zero-order chi connectivity index (χ0) is 15.4. The van der Waals surface area contributed by atoms with Crippen LogP contribution in [0, 0.1) is 21.4 Å². The van der Waals surface area contributed by atoms with Gasteiger partial charge >= 0.3 is 0 Å². The van der Waals surface area contributed by atoms with Crippen LogP contribution in [0.4, 0.5) is 11.4 Å². The molecule has 0 spiro atoms. The highest BCUT2D eigenvalue weighted by molar-refractivity contribution is 5.60. The van der Waals surface area contributed by atoms with Crippen LogP contribution >= 0.6 is 0 Å². The van der Waals surface area contributed by atoms with Gasteiger partial charge in [0.05, 0.1) is 4.92 Å². The van der Waals surface area contributed by atoms with Crippen LogP contribution in [0.2, 0.25) is 0 Å². The molecule has 0 radical (unpaired) electrons. The lowest BCUT2D eigenvalue weighted by atomic mass is 10.1. The molecule has 1 fully saturated rings. The molecular weight excluding hydrogens is 268 g/mol. The molecule has 1 aliphatic rings. The molecule has 1 aromatic rings. The number of benzene rings is 1. The fraction of sp³-hybridized carbons (Fsp3) is 0.533. The second-order valence-corrected chi connectivity index (χ2v) is 5.44. The van der Waals surface area contributed by atoms with Gasteiger partial charge in [-0.2, -0.15) is 5.26 Å². The number of nitro benzene ring substituents is 1. The molecule has 0 aromatic heterocycles. The molecule has 1 saturated heterocycles. The molecule has 1 aliphatic heterocycles. The van der Waals surface area contributed by atoms with Gasteiger partial charge in [-0.25, -0.2) is 0 Å². The molecule has 0 aliphatic carbocycles. The Bertz CT molecular complexity index is 567. The van der Waals surface area contributed by atoms with E-state index in [4.69, 9.17) is 5.26 Å². The van der Waals surface area contributed by atoms with Crippen molar-refractivity contribution in [2.45, 2.75) is 25.8 Å². The van der Waals surface area contributed by atoms with Gasteiger partial charge in [0, 0.05) is 30.9 Å². The van der Waals surface area contributed by atoms with Gasteiger partial charge in [0.15, 0.2) is 0 Å². The van der Waals surface area contributed by atoms with Gasteiger partial charge in [-0.1, -0.05) is 6.92 Å². The average molecular weight is 288 g/mol. The van der Waals surface area contributed by atoms with Gasteiger partial charge in [-0.3, -0.25) is 10.1 Å². The molecule has 1 heterocycles. The zero-order valence-electron chi connectivity index (χ0n) is 12.5. The number of rotatable bonds is 3. The van der Waals surface area contributed by atoms with Crippen LogP contribution in [0.1, 0.15) is 25.3 Å². The molecule has 112 valence electrons. The van der Waals surface area contributed by atoms with Crippen LogP contribution in [0.15, 0.2) is 18.2 Å². The lowest BCUT2D eigenvalue weighted by Crippen LogP contribution is -2.39. The maximum Gasteiger partial charge on any atom is 0.287 e. The number of likely N-dealkylation sites (N-methyl/N-ethyl adjacent to an activating group) is 1. The summed E-state index contributed by atoms with van der Waals surface area (Å²) in [5.74, 6) is 0. The van der Waals surface area contributed by atoms with E-state index in [0.717, 1.165) is 38.2 Å². The molecular formula is C15H20N4O2. The van der Waals surface area contributed by atoms with Gasteiger partial charge in [-0.15, -0.1) is 0 Å². The zero-order valence-corrected chi connectivity index (χ0v) is 12.5. The maximum absolute atomic E-state index is 10.9. The van der Waals surface area contributed by atoms with Crippen LogP contribution in [0.5, 0.6) is 0 Å². The highest BCUT2D eigenvalue weighted by atomic mass is 16.6.